The van der Waals surface area contributed by atoms with Gasteiger partial charge in [-0.2, -0.15) is 0 Å². The zero-order chi connectivity index (χ0) is 13.2. The van der Waals surface area contributed by atoms with E-state index in [2.05, 4.69) is 56.1 Å². The lowest BCUT2D eigenvalue weighted by molar-refractivity contribution is 0.774. The third-order valence-electron chi connectivity index (χ3n) is 3.60. The largest absolute Gasteiger partial charge is 0.397 e. The highest BCUT2D eigenvalue weighted by atomic mass is 79.9. The number of aromatic nitrogens is 1. The molecule has 1 saturated heterocycles. The standard InChI is InChI=1S/C15H16BrN3/c16-14-8-13(17)9-18-15(14)19-7-6-12(10-19)11-4-2-1-3-5-11/h1-5,8-9,12H,6-7,10,17H2. The van der Waals surface area contributed by atoms with Crippen molar-refractivity contribution in [3.05, 3.63) is 52.6 Å². The Balaban J connectivity index is 1.79. The van der Waals surface area contributed by atoms with Gasteiger partial charge >= 0.3 is 0 Å². The lowest BCUT2D eigenvalue weighted by Gasteiger charge is -2.19. The van der Waals surface area contributed by atoms with Gasteiger partial charge in [-0.15, -0.1) is 0 Å². The fourth-order valence-corrected chi connectivity index (χ4v) is 3.25. The molecule has 2 heterocycles. The van der Waals surface area contributed by atoms with Crippen LogP contribution in [0.1, 0.15) is 17.9 Å². The topological polar surface area (TPSA) is 42.1 Å². The number of pyridine rings is 1. The Bertz CT molecular complexity index is 571. The first-order valence-electron chi connectivity index (χ1n) is 6.45. The molecular weight excluding hydrogens is 302 g/mol. The highest BCUT2D eigenvalue weighted by Crippen LogP contribution is 2.33. The maximum atomic E-state index is 5.73. The molecule has 0 saturated carbocycles. The summed E-state index contributed by atoms with van der Waals surface area (Å²) in [6.45, 7) is 2.05. The van der Waals surface area contributed by atoms with Crippen LogP contribution in [0.4, 0.5) is 11.5 Å². The molecule has 3 nitrogen and oxygen atoms in total. The third-order valence-corrected chi connectivity index (χ3v) is 4.19. The monoisotopic (exact) mass is 317 g/mol. The van der Waals surface area contributed by atoms with Crippen molar-refractivity contribution in [2.24, 2.45) is 0 Å². The van der Waals surface area contributed by atoms with E-state index in [0.29, 0.717) is 11.6 Å². The first-order chi connectivity index (χ1) is 9.24. The minimum atomic E-state index is 0.590. The molecule has 0 bridgehead atoms. The highest BCUT2D eigenvalue weighted by Gasteiger charge is 2.25. The normalized spacial score (nSPS) is 18.8. The quantitative estimate of drug-likeness (QED) is 0.922. The summed E-state index contributed by atoms with van der Waals surface area (Å²) in [7, 11) is 0. The van der Waals surface area contributed by atoms with Gasteiger partial charge in [0, 0.05) is 19.0 Å². The number of nitrogens with zero attached hydrogens (tertiary/aromatic N) is 2. The number of benzene rings is 1. The van der Waals surface area contributed by atoms with Crippen molar-refractivity contribution in [2.45, 2.75) is 12.3 Å². The van der Waals surface area contributed by atoms with Crippen molar-refractivity contribution in [2.75, 3.05) is 23.7 Å². The summed E-state index contributed by atoms with van der Waals surface area (Å²) in [5.41, 5.74) is 7.84. The maximum Gasteiger partial charge on any atom is 0.143 e. The molecule has 19 heavy (non-hydrogen) atoms. The van der Waals surface area contributed by atoms with Crippen LogP contribution >= 0.6 is 15.9 Å². The third kappa shape index (κ3) is 2.59. The van der Waals surface area contributed by atoms with Gasteiger partial charge in [0.2, 0.25) is 0 Å². The van der Waals surface area contributed by atoms with Crippen LogP contribution in [-0.2, 0) is 0 Å². The number of nitrogens with two attached hydrogens (primary N) is 1. The van der Waals surface area contributed by atoms with Gasteiger partial charge in [-0.3, -0.25) is 0 Å². The number of hydrogen-bond donors (Lipinski definition) is 1. The average molecular weight is 318 g/mol. The molecule has 4 heteroatoms. The first kappa shape index (κ1) is 12.5. The molecule has 0 aliphatic carbocycles. The molecule has 0 amide bonds. The van der Waals surface area contributed by atoms with E-state index in [1.54, 1.807) is 6.20 Å². The Morgan fingerprint density at radius 1 is 1.26 bits per heavy atom. The summed E-state index contributed by atoms with van der Waals surface area (Å²) >= 11 is 3.55. The Hall–Kier alpha value is -1.55. The van der Waals surface area contributed by atoms with Crippen molar-refractivity contribution in [3.8, 4) is 0 Å². The molecule has 1 fully saturated rings. The second-order valence-corrected chi connectivity index (χ2v) is 5.77. The number of nitrogen functional groups attached to an aromatic ring is 1. The molecule has 1 aliphatic rings. The molecular formula is C15H16BrN3. The Kier molecular flexibility index (Phi) is 3.42. The molecule has 0 spiro atoms. The minimum Gasteiger partial charge on any atom is -0.397 e. The van der Waals surface area contributed by atoms with E-state index in [1.807, 2.05) is 6.07 Å². The average Bonchev–Trinajstić information content (AvgIpc) is 2.89. The van der Waals surface area contributed by atoms with E-state index in [0.717, 1.165) is 23.4 Å². The van der Waals surface area contributed by atoms with Crippen LogP contribution < -0.4 is 10.6 Å². The van der Waals surface area contributed by atoms with Crippen LogP contribution in [0, 0.1) is 0 Å². The highest BCUT2D eigenvalue weighted by molar-refractivity contribution is 9.10. The molecule has 1 aromatic carbocycles. The van der Waals surface area contributed by atoms with E-state index < -0.39 is 0 Å². The van der Waals surface area contributed by atoms with Gasteiger partial charge in [-0.05, 0) is 34.0 Å². The van der Waals surface area contributed by atoms with E-state index in [9.17, 15) is 0 Å². The second kappa shape index (κ2) is 5.21. The SMILES string of the molecule is Nc1cnc(N2CCC(c3ccccc3)C2)c(Br)c1. The van der Waals surface area contributed by atoms with Gasteiger partial charge in [0.15, 0.2) is 0 Å². The molecule has 2 N–H and O–H groups in total. The summed E-state index contributed by atoms with van der Waals surface area (Å²) in [5.74, 6) is 1.58. The number of halogens is 1. The Labute approximate surface area is 121 Å². The second-order valence-electron chi connectivity index (χ2n) is 4.92. The van der Waals surface area contributed by atoms with Gasteiger partial charge in [-0.25, -0.2) is 4.98 Å². The molecule has 2 aromatic rings. The fraction of sp³-hybridized carbons (Fsp3) is 0.267. The van der Waals surface area contributed by atoms with Crippen LogP contribution in [0.15, 0.2) is 47.1 Å². The molecule has 1 aliphatic heterocycles. The lowest BCUT2D eigenvalue weighted by atomic mass is 9.99. The van der Waals surface area contributed by atoms with Gasteiger partial charge in [-0.1, -0.05) is 30.3 Å². The zero-order valence-corrected chi connectivity index (χ0v) is 12.2. The predicted octanol–water partition coefficient (Wildman–Crippen LogP) is 3.42. The maximum absolute atomic E-state index is 5.73. The Morgan fingerprint density at radius 2 is 2.05 bits per heavy atom. The molecule has 0 radical (unpaired) electrons. The number of anilines is 2. The van der Waals surface area contributed by atoms with Gasteiger partial charge in [0.1, 0.15) is 5.82 Å². The van der Waals surface area contributed by atoms with Crippen molar-refractivity contribution < 1.29 is 0 Å². The molecule has 3 rings (SSSR count). The van der Waals surface area contributed by atoms with Gasteiger partial charge in [0.05, 0.1) is 16.4 Å². The summed E-state index contributed by atoms with van der Waals surface area (Å²) < 4.78 is 0.973. The van der Waals surface area contributed by atoms with Crippen molar-refractivity contribution >= 4 is 27.4 Å². The number of hydrogen-bond acceptors (Lipinski definition) is 3. The van der Waals surface area contributed by atoms with Crippen LogP contribution in [0.2, 0.25) is 0 Å². The van der Waals surface area contributed by atoms with Gasteiger partial charge < -0.3 is 10.6 Å². The van der Waals surface area contributed by atoms with Crippen LogP contribution in [0.3, 0.4) is 0 Å². The van der Waals surface area contributed by atoms with Crippen LogP contribution in [0.25, 0.3) is 0 Å². The first-order valence-corrected chi connectivity index (χ1v) is 7.24. The molecule has 1 aromatic heterocycles. The van der Waals surface area contributed by atoms with Crippen molar-refractivity contribution in [3.63, 3.8) is 0 Å². The molecule has 1 atom stereocenters. The van der Waals surface area contributed by atoms with Crippen molar-refractivity contribution in [1.82, 2.24) is 4.98 Å². The summed E-state index contributed by atoms with van der Waals surface area (Å²) in [6.07, 6.45) is 2.89. The van der Waals surface area contributed by atoms with Crippen molar-refractivity contribution in [1.29, 1.82) is 0 Å². The van der Waals surface area contributed by atoms with E-state index in [1.165, 1.54) is 12.0 Å². The summed E-state index contributed by atoms with van der Waals surface area (Å²) in [4.78, 5) is 6.76. The molecule has 1 unspecified atom stereocenters. The smallest absolute Gasteiger partial charge is 0.143 e. The van der Waals surface area contributed by atoms with E-state index in [4.69, 9.17) is 5.73 Å². The number of rotatable bonds is 2. The van der Waals surface area contributed by atoms with Crippen LogP contribution in [-0.4, -0.2) is 18.1 Å². The minimum absolute atomic E-state index is 0.590. The summed E-state index contributed by atoms with van der Waals surface area (Å²) in [5, 5.41) is 0. The van der Waals surface area contributed by atoms with Gasteiger partial charge in [0.25, 0.3) is 0 Å². The lowest BCUT2D eigenvalue weighted by Crippen LogP contribution is -2.21. The zero-order valence-electron chi connectivity index (χ0n) is 10.6. The Morgan fingerprint density at radius 3 is 2.79 bits per heavy atom. The summed E-state index contributed by atoms with van der Waals surface area (Å²) in [6, 6.07) is 12.6. The fourth-order valence-electron chi connectivity index (χ4n) is 2.63. The van der Waals surface area contributed by atoms with E-state index in [-0.39, 0.29) is 0 Å². The van der Waals surface area contributed by atoms with E-state index >= 15 is 0 Å². The molecule has 98 valence electrons. The van der Waals surface area contributed by atoms with Crippen LogP contribution in [0.5, 0.6) is 0 Å². The predicted molar refractivity (Wildman–Crippen MR) is 82.4 cm³/mol.